The summed E-state index contributed by atoms with van der Waals surface area (Å²) in [6.07, 6.45) is 4.64. The Morgan fingerprint density at radius 1 is 1.09 bits per heavy atom. The molecule has 1 fully saturated rings. The lowest BCUT2D eigenvalue weighted by Gasteiger charge is -2.41. The van der Waals surface area contributed by atoms with Gasteiger partial charge in [-0.1, -0.05) is 49.4 Å². The second-order valence-electron chi connectivity index (χ2n) is 10.4. The normalized spacial score (nSPS) is 20.2. The van der Waals surface area contributed by atoms with Crippen molar-refractivity contribution < 1.29 is 27.7 Å². The Hall–Kier alpha value is -2.83. The van der Waals surface area contributed by atoms with E-state index in [4.69, 9.17) is 0 Å². The number of nitrogens with one attached hydrogen (secondary N) is 1. The van der Waals surface area contributed by atoms with Crippen molar-refractivity contribution in [3.8, 4) is 0 Å². The summed E-state index contributed by atoms with van der Waals surface area (Å²) >= 11 is 0. The molecule has 6 nitrogen and oxygen atoms in total. The van der Waals surface area contributed by atoms with E-state index in [2.05, 4.69) is 48.0 Å². The minimum absolute atomic E-state index is 0. The number of likely N-dealkylation sites (N-methyl/N-ethyl adjacent to an activating group) is 1. The lowest BCUT2D eigenvalue weighted by Crippen LogP contribution is -3.00. The fourth-order valence-corrected chi connectivity index (χ4v) is 6.19. The van der Waals surface area contributed by atoms with Crippen LogP contribution in [0.2, 0.25) is 0 Å². The van der Waals surface area contributed by atoms with Crippen LogP contribution in [0.15, 0.2) is 54.7 Å². The number of likely N-dealkylation sites (tertiary alicyclic amines) is 1. The van der Waals surface area contributed by atoms with Crippen molar-refractivity contribution in [2.75, 3.05) is 27.2 Å². The maximum Gasteiger partial charge on any atom is 0.281 e. The zero-order chi connectivity index (χ0) is 24.0. The number of carbonyl (C=O) groups excluding carboxylic acids is 2. The van der Waals surface area contributed by atoms with Gasteiger partial charge in [0.05, 0.1) is 5.92 Å². The molecular formula is C28H35ClN4O2. The van der Waals surface area contributed by atoms with Gasteiger partial charge in [-0.3, -0.25) is 9.59 Å². The van der Waals surface area contributed by atoms with E-state index < -0.39 is 0 Å². The molecule has 1 unspecified atom stereocenters. The van der Waals surface area contributed by atoms with E-state index >= 15 is 0 Å². The Kier molecular flexibility index (Phi) is 6.98. The van der Waals surface area contributed by atoms with E-state index in [-0.39, 0.29) is 47.5 Å². The smallest absolute Gasteiger partial charge is 0.281 e. The van der Waals surface area contributed by atoms with Gasteiger partial charge in [-0.05, 0) is 42.0 Å². The lowest BCUT2D eigenvalue weighted by molar-refractivity contribution is -0.410. The van der Waals surface area contributed by atoms with Gasteiger partial charge in [0.15, 0.2) is 6.04 Å². The number of aromatic amines is 1. The summed E-state index contributed by atoms with van der Waals surface area (Å²) in [5.74, 6) is 0.234. The SMILES string of the molecule is C[C@H](c1c[nH]c2ccccc12)C([NH3+])C(=O)N1CCC2(CC1)C[C@@H](C(=O)N(C)C)c1ccccc12.[Cl-]. The molecule has 186 valence electrons. The number of quaternary nitrogens is 1. The number of nitrogens with zero attached hydrogens (tertiary/aromatic N) is 2. The molecule has 1 aliphatic carbocycles. The Morgan fingerprint density at radius 3 is 2.46 bits per heavy atom. The van der Waals surface area contributed by atoms with E-state index in [0.29, 0.717) is 13.1 Å². The molecular weight excluding hydrogens is 460 g/mol. The number of fused-ring (bicyclic) bond motifs is 3. The molecule has 1 saturated heterocycles. The molecule has 7 heteroatoms. The quantitative estimate of drug-likeness (QED) is 0.536. The van der Waals surface area contributed by atoms with Crippen LogP contribution in [0.3, 0.4) is 0 Å². The standard InChI is InChI=1S/C28H34N4O2.ClH/c1-18(22-17-30-24-11-7-5-9-20(22)24)25(29)27(34)32-14-12-28(13-15-32)16-21(26(33)31(2)3)19-8-4-6-10-23(19)28;/h4-11,17-18,21,25,30H,12-16,29H2,1-3H3;1H/t18-,21-,25?;/m1./s1. The number of aromatic nitrogens is 1. The average Bonchev–Trinajstić information content (AvgIpc) is 3.43. The molecule has 5 rings (SSSR count). The lowest BCUT2D eigenvalue weighted by atomic mass is 9.73. The molecule has 1 aliphatic heterocycles. The summed E-state index contributed by atoms with van der Waals surface area (Å²) in [6, 6.07) is 16.3. The van der Waals surface area contributed by atoms with Gasteiger partial charge < -0.3 is 32.9 Å². The second-order valence-corrected chi connectivity index (χ2v) is 10.4. The van der Waals surface area contributed by atoms with Crippen LogP contribution < -0.4 is 18.1 Å². The van der Waals surface area contributed by atoms with Crippen LogP contribution in [0.25, 0.3) is 10.9 Å². The third-order valence-electron chi connectivity index (χ3n) is 8.31. The summed E-state index contributed by atoms with van der Waals surface area (Å²) in [7, 11) is 3.67. The van der Waals surface area contributed by atoms with E-state index in [1.54, 1.807) is 4.90 Å². The molecule has 2 amide bonds. The van der Waals surface area contributed by atoms with Crippen LogP contribution in [0.5, 0.6) is 0 Å². The molecule has 35 heavy (non-hydrogen) atoms. The zero-order valence-electron chi connectivity index (χ0n) is 20.8. The third kappa shape index (κ3) is 4.23. The first-order chi connectivity index (χ1) is 16.3. The summed E-state index contributed by atoms with van der Waals surface area (Å²) in [5, 5.41) is 1.16. The topological polar surface area (TPSA) is 84.0 Å². The van der Waals surface area contributed by atoms with Gasteiger partial charge >= 0.3 is 0 Å². The van der Waals surface area contributed by atoms with Gasteiger partial charge in [-0.2, -0.15) is 0 Å². The third-order valence-corrected chi connectivity index (χ3v) is 8.31. The Bertz CT molecular complexity index is 1230. The minimum Gasteiger partial charge on any atom is -1.00 e. The van der Waals surface area contributed by atoms with Crippen molar-refractivity contribution in [1.82, 2.24) is 14.8 Å². The van der Waals surface area contributed by atoms with Gasteiger partial charge in [0.25, 0.3) is 5.91 Å². The van der Waals surface area contributed by atoms with E-state index in [1.165, 1.54) is 11.1 Å². The molecule has 1 spiro atoms. The van der Waals surface area contributed by atoms with Crippen LogP contribution in [0, 0.1) is 0 Å². The van der Waals surface area contributed by atoms with Gasteiger partial charge in [-0.25, -0.2) is 0 Å². The highest BCUT2D eigenvalue weighted by Gasteiger charge is 2.48. The van der Waals surface area contributed by atoms with Gasteiger partial charge in [0.2, 0.25) is 5.91 Å². The molecule has 2 heterocycles. The monoisotopic (exact) mass is 494 g/mol. The van der Waals surface area contributed by atoms with E-state index in [9.17, 15) is 9.59 Å². The molecule has 4 N–H and O–H groups in total. The first kappa shape index (κ1) is 25.3. The molecule has 3 atom stereocenters. The largest absolute Gasteiger partial charge is 1.00 e. The van der Waals surface area contributed by atoms with Gasteiger partial charge in [-0.15, -0.1) is 0 Å². The zero-order valence-corrected chi connectivity index (χ0v) is 21.5. The molecule has 0 radical (unpaired) electrons. The van der Waals surface area contributed by atoms with Crippen LogP contribution in [-0.2, 0) is 15.0 Å². The summed E-state index contributed by atoms with van der Waals surface area (Å²) < 4.78 is 0. The first-order valence-corrected chi connectivity index (χ1v) is 12.3. The van der Waals surface area contributed by atoms with Crippen molar-refractivity contribution in [3.63, 3.8) is 0 Å². The maximum atomic E-state index is 13.5. The Balaban J connectivity index is 0.00000289. The number of hydrogen-bond acceptors (Lipinski definition) is 2. The molecule has 1 aromatic heterocycles. The van der Waals surface area contributed by atoms with Crippen molar-refractivity contribution in [2.24, 2.45) is 0 Å². The second kappa shape index (κ2) is 9.67. The number of halogens is 1. The number of piperidine rings is 1. The number of rotatable bonds is 4. The molecule has 0 saturated carbocycles. The number of amides is 2. The Labute approximate surface area is 213 Å². The van der Waals surface area contributed by atoms with Crippen LogP contribution in [0.1, 0.15) is 54.7 Å². The van der Waals surface area contributed by atoms with E-state index in [1.807, 2.05) is 43.4 Å². The van der Waals surface area contributed by atoms with Crippen molar-refractivity contribution in [2.45, 2.75) is 49.5 Å². The average molecular weight is 495 g/mol. The number of carbonyl (C=O) groups is 2. The van der Waals surface area contributed by atoms with Crippen molar-refractivity contribution in [1.29, 1.82) is 0 Å². The Morgan fingerprint density at radius 2 is 1.74 bits per heavy atom. The number of para-hydroxylation sites is 1. The summed E-state index contributed by atoms with van der Waals surface area (Å²) in [6.45, 7) is 3.52. The highest BCUT2D eigenvalue weighted by Crippen LogP contribution is 2.52. The number of H-pyrrole nitrogens is 1. The highest BCUT2D eigenvalue weighted by atomic mass is 35.5. The maximum absolute atomic E-state index is 13.5. The van der Waals surface area contributed by atoms with Crippen LogP contribution in [0.4, 0.5) is 0 Å². The molecule has 2 aliphatic rings. The molecule has 0 bridgehead atoms. The van der Waals surface area contributed by atoms with Crippen LogP contribution in [-0.4, -0.2) is 59.8 Å². The first-order valence-electron chi connectivity index (χ1n) is 12.3. The van der Waals surface area contributed by atoms with Crippen LogP contribution >= 0.6 is 0 Å². The summed E-state index contributed by atoms with van der Waals surface area (Å²) in [5.41, 5.74) is 8.99. The fraction of sp³-hybridized carbons (Fsp3) is 0.429. The fourth-order valence-electron chi connectivity index (χ4n) is 6.19. The van der Waals surface area contributed by atoms with Gasteiger partial charge in [0.1, 0.15) is 0 Å². The minimum atomic E-state index is -0.341. The van der Waals surface area contributed by atoms with Crippen molar-refractivity contribution in [3.05, 3.63) is 71.4 Å². The summed E-state index contributed by atoms with van der Waals surface area (Å²) in [4.78, 5) is 33.4. The van der Waals surface area contributed by atoms with E-state index in [0.717, 1.165) is 35.7 Å². The molecule has 3 aromatic rings. The predicted molar refractivity (Wildman–Crippen MR) is 133 cm³/mol. The highest BCUT2D eigenvalue weighted by molar-refractivity contribution is 5.87. The van der Waals surface area contributed by atoms with Gasteiger partial charge in [0, 0.05) is 55.6 Å². The molecule has 2 aromatic carbocycles. The van der Waals surface area contributed by atoms with Crippen molar-refractivity contribution >= 4 is 22.7 Å². The number of benzene rings is 2. The predicted octanol–water partition coefficient (Wildman–Crippen LogP) is 0.0218. The number of hydrogen-bond donors (Lipinski definition) is 2.